The number of rotatable bonds is 3. The first-order valence-electron chi connectivity index (χ1n) is 7.96. The standard InChI is InChI=1S/C17H21N5O/c1-13-8-10-21(11-9-13)17(23)16(22-14(2)18-19-20-22)12-15-6-4-3-5-7-15/h3-7,12-13H,8-11H2,1-2H3/b16-12+. The number of tetrazole rings is 1. The number of likely N-dealkylation sites (tertiary alicyclic amines) is 1. The molecule has 0 bridgehead atoms. The summed E-state index contributed by atoms with van der Waals surface area (Å²) in [6, 6.07) is 9.77. The minimum absolute atomic E-state index is 0.0175. The number of amides is 1. The Hall–Kier alpha value is -2.50. The number of benzene rings is 1. The van der Waals surface area contributed by atoms with Crippen molar-refractivity contribution in [2.75, 3.05) is 13.1 Å². The van der Waals surface area contributed by atoms with E-state index in [0.717, 1.165) is 31.5 Å². The topological polar surface area (TPSA) is 63.9 Å². The second kappa shape index (κ2) is 6.73. The molecule has 0 N–H and O–H groups in total. The van der Waals surface area contributed by atoms with E-state index in [-0.39, 0.29) is 5.91 Å². The van der Waals surface area contributed by atoms with Crippen molar-refractivity contribution >= 4 is 17.7 Å². The summed E-state index contributed by atoms with van der Waals surface area (Å²) in [4.78, 5) is 14.9. The van der Waals surface area contributed by atoms with Gasteiger partial charge in [-0.25, -0.2) is 0 Å². The van der Waals surface area contributed by atoms with Crippen LogP contribution in [0.3, 0.4) is 0 Å². The Kier molecular flexibility index (Phi) is 4.50. The van der Waals surface area contributed by atoms with Crippen molar-refractivity contribution in [2.24, 2.45) is 5.92 Å². The van der Waals surface area contributed by atoms with Crippen LogP contribution < -0.4 is 0 Å². The fourth-order valence-corrected chi connectivity index (χ4v) is 2.75. The largest absolute Gasteiger partial charge is 0.337 e. The molecule has 0 unspecified atom stereocenters. The molecule has 1 saturated heterocycles. The summed E-state index contributed by atoms with van der Waals surface area (Å²) < 4.78 is 1.52. The molecule has 0 radical (unpaired) electrons. The first kappa shape index (κ1) is 15.4. The second-order valence-corrected chi connectivity index (χ2v) is 6.05. The molecule has 3 rings (SSSR count). The van der Waals surface area contributed by atoms with Crippen molar-refractivity contribution < 1.29 is 4.79 Å². The highest BCUT2D eigenvalue weighted by atomic mass is 16.2. The first-order valence-corrected chi connectivity index (χ1v) is 7.96. The van der Waals surface area contributed by atoms with Crippen LogP contribution in [-0.4, -0.2) is 44.1 Å². The maximum atomic E-state index is 13.0. The number of hydrogen-bond acceptors (Lipinski definition) is 4. The summed E-state index contributed by atoms with van der Waals surface area (Å²) in [6.45, 7) is 5.60. The van der Waals surface area contributed by atoms with Crippen LogP contribution in [0.5, 0.6) is 0 Å². The first-order chi connectivity index (χ1) is 11.1. The van der Waals surface area contributed by atoms with E-state index in [9.17, 15) is 4.79 Å². The fourth-order valence-electron chi connectivity index (χ4n) is 2.75. The SMILES string of the molecule is Cc1nnnn1/C(=C/c1ccccc1)C(=O)N1CCC(C)CC1. The van der Waals surface area contributed by atoms with Gasteiger partial charge in [0.15, 0.2) is 5.82 Å². The van der Waals surface area contributed by atoms with E-state index in [0.29, 0.717) is 17.4 Å². The van der Waals surface area contributed by atoms with E-state index in [1.165, 1.54) is 4.68 Å². The molecule has 120 valence electrons. The number of aromatic nitrogens is 4. The molecule has 2 heterocycles. The molecule has 6 nitrogen and oxygen atoms in total. The van der Waals surface area contributed by atoms with Gasteiger partial charge in [-0.2, -0.15) is 4.68 Å². The molecule has 23 heavy (non-hydrogen) atoms. The lowest BCUT2D eigenvalue weighted by Gasteiger charge is -2.30. The van der Waals surface area contributed by atoms with Crippen LogP contribution in [0.15, 0.2) is 30.3 Å². The third-order valence-corrected chi connectivity index (χ3v) is 4.25. The molecule has 0 saturated carbocycles. The van der Waals surface area contributed by atoms with E-state index < -0.39 is 0 Å². The van der Waals surface area contributed by atoms with Crippen molar-refractivity contribution in [1.82, 2.24) is 25.1 Å². The van der Waals surface area contributed by atoms with Gasteiger partial charge in [0.25, 0.3) is 5.91 Å². The Bertz CT molecular complexity index is 699. The van der Waals surface area contributed by atoms with Crippen molar-refractivity contribution in [3.05, 3.63) is 41.7 Å². The minimum atomic E-state index is -0.0175. The van der Waals surface area contributed by atoms with Crippen molar-refractivity contribution in [3.63, 3.8) is 0 Å². The predicted molar refractivity (Wildman–Crippen MR) is 88.1 cm³/mol. The zero-order chi connectivity index (χ0) is 16.2. The quantitative estimate of drug-likeness (QED) is 0.816. The number of carbonyl (C=O) groups excluding carboxylic acids is 1. The maximum Gasteiger partial charge on any atom is 0.272 e. The molecule has 1 aliphatic heterocycles. The number of piperidine rings is 1. The van der Waals surface area contributed by atoms with Gasteiger partial charge in [-0.15, -0.1) is 5.10 Å². The molecule has 1 aromatic carbocycles. The van der Waals surface area contributed by atoms with Gasteiger partial charge in [0, 0.05) is 13.1 Å². The van der Waals surface area contributed by atoms with Crippen LogP contribution >= 0.6 is 0 Å². The normalized spacial score (nSPS) is 16.6. The van der Waals surface area contributed by atoms with Gasteiger partial charge in [-0.1, -0.05) is 37.3 Å². The Morgan fingerprint density at radius 3 is 2.52 bits per heavy atom. The Labute approximate surface area is 135 Å². The number of carbonyl (C=O) groups is 1. The van der Waals surface area contributed by atoms with Crippen LogP contribution in [-0.2, 0) is 4.79 Å². The minimum Gasteiger partial charge on any atom is -0.337 e. The second-order valence-electron chi connectivity index (χ2n) is 6.05. The van der Waals surface area contributed by atoms with Crippen molar-refractivity contribution in [2.45, 2.75) is 26.7 Å². The highest BCUT2D eigenvalue weighted by Crippen LogP contribution is 2.21. The smallest absolute Gasteiger partial charge is 0.272 e. The Morgan fingerprint density at radius 1 is 1.22 bits per heavy atom. The highest BCUT2D eigenvalue weighted by molar-refractivity contribution is 6.18. The Balaban J connectivity index is 1.94. The summed E-state index contributed by atoms with van der Waals surface area (Å²) in [6.07, 6.45) is 3.93. The van der Waals surface area contributed by atoms with Gasteiger partial charge in [0.2, 0.25) is 0 Å². The number of aryl methyl sites for hydroxylation is 1. The molecule has 0 spiro atoms. The van der Waals surface area contributed by atoms with E-state index >= 15 is 0 Å². The van der Waals surface area contributed by atoms with E-state index in [1.54, 1.807) is 6.92 Å². The van der Waals surface area contributed by atoms with Crippen LogP contribution in [0.25, 0.3) is 11.8 Å². The van der Waals surface area contributed by atoms with Crippen LogP contribution in [0.2, 0.25) is 0 Å². The maximum absolute atomic E-state index is 13.0. The molecule has 2 aromatic rings. The van der Waals surface area contributed by atoms with Gasteiger partial charge in [-0.05, 0) is 47.7 Å². The zero-order valence-electron chi connectivity index (χ0n) is 13.5. The molecule has 0 aliphatic carbocycles. The number of nitrogens with zero attached hydrogens (tertiary/aromatic N) is 5. The van der Waals surface area contributed by atoms with Crippen molar-refractivity contribution in [3.8, 4) is 0 Å². The third-order valence-electron chi connectivity index (χ3n) is 4.25. The van der Waals surface area contributed by atoms with Crippen LogP contribution in [0, 0.1) is 12.8 Å². The molecule has 0 atom stereocenters. The lowest BCUT2D eigenvalue weighted by molar-refractivity contribution is -0.126. The average Bonchev–Trinajstić information content (AvgIpc) is 2.99. The molecular weight excluding hydrogens is 290 g/mol. The van der Waals surface area contributed by atoms with E-state index in [1.807, 2.05) is 41.3 Å². The van der Waals surface area contributed by atoms with Gasteiger partial charge in [-0.3, -0.25) is 4.79 Å². The lowest BCUT2D eigenvalue weighted by Crippen LogP contribution is -2.39. The molecular formula is C17H21N5O. The van der Waals surface area contributed by atoms with Crippen molar-refractivity contribution in [1.29, 1.82) is 0 Å². The van der Waals surface area contributed by atoms with E-state index in [2.05, 4.69) is 22.4 Å². The summed E-state index contributed by atoms with van der Waals surface area (Å²) in [7, 11) is 0. The zero-order valence-corrected chi connectivity index (χ0v) is 13.5. The predicted octanol–water partition coefficient (Wildman–Crippen LogP) is 2.24. The molecule has 1 amide bonds. The molecule has 1 fully saturated rings. The third kappa shape index (κ3) is 3.47. The van der Waals surface area contributed by atoms with E-state index in [4.69, 9.17) is 0 Å². The molecule has 1 aromatic heterocycles. The highest BCUT2D eigenvalue weighted by Gasteiger charge is 2.25. The summed E-state index contributed by atoms with van der Waals surface area (Å²) >= 11 is 0. The monoisotopic (exact) mass is 311 g/mol. The average molecular weight is 311 g/mol. The number of hydrogen-bond donors (Lipinski definition) is 0. The van der Waals surface area contributed by atoms with Gasteiger partial charge < -0.3 is 4.90 Å². The summed E-state index contributed by atoms with van der Waals surface area (Å²) in [5.41, 5.74) is 1.45. The fraction of sp³-hybridized carbons (Fsp3) is 0.412. The van der Waals surface area contributed by atoms with Crippen LogP contribution in [0.4, 0.5) is 0 Å². The molecule has 6 heteroatoms. The van der Waals surface area contributed by atoms with Gasteiger partial charge in [0.05, 0.1) is 0 Å². The summed E-state index contributed by atoms with van der Waals surface area (Å²) in [5, 5.41) is 11.6. The Morgan fingerprint density at radius 2 is 1.91 bits per heavy atom. The van der Waals surface area contributed by atoms with Gasteiger partial charge in [0.1, 0.15) is 5.70 Å². The summed E-state index contributed by atoms with van der Waals surface area (Å²) in [5.74, 6) is 1.26. The molecule has 1 aliphatic rings. The van der Waals surface area contributed by atoms with Gasteiger partial charge >= 0.3 is 0 Å². The lowest BCUT2D eigenvalue weighted by atomic mass is 9.99. The van der Waals surface area contributed by atoms with Crippen LogP contribution in [0.1, 0.15) is 31.2 Å².